The number of carbonyl (C=O) groups is 2. The lowest BCUT2D eigenvalue weighted by molar-refractivity contribution is -0.140. The van der Waals surface area contributed by atoms with E-state index in [2.05, 4.69) is 18.7 Å². The van der Waals surface area contributed by atoms with Gasteiger partial charge in [-0.1, -0.05) is 26.0 Å². The van der Waals surface area contributed by atoms with Gasteiger partial charge in [0.25, 0.3) is 11.7 Å². The Bertz CT molecular complexity index is 1040. The maximum Gasteiger partial charge on any atom is 0.295 e. The fourth-order valence-electron chi connectivity index (χ4n) is 4.18. The topological polar surface area (TPSA) is 79.3 Å². The molecule has 7 nitrogen and oxygen atoms in total. The molecule has 7 heteroatoms. The van der Waals surface area contributed by atoms with Crippen LogP contribution >= 0.6 is 0 Å². The number of hydrogen-bond acceptors (Lipinski definition) is 6. The van der Waals surface area contributed by atoms with Crippen LogP contribution in [0.2, 0.25) is 0 Å². The van der Waals surface area contributed by atoms with Crippen molar-refractivity contribution in [2.24, 2.45) is 0 Å². The molecule has 182 valence electrons. The monoisotopic (exact) mass is 466 g/mol. The first kappa shape index (κ1) is 25.3. The Hall–Kier alpha value is -3.32. The van der Waals surface area contributed by atoms with Gasteiger partial charge in [-0.3, -0.25) is 9.59 Å². The Labute approximate surface area is 201 Å². The molecular formula is C27H34N2O5. The van der Waals surface area contributed by atoms with E-state index in [9.17, 15) is 14.7 Å². The minimum Gasteiger partial charge on any atom is -0.507 e. The van der Waals surface area contributed by atoms with Crippen molar-refractivity contribution >= 4 is 17.4 Å². The van der Waals surface area contributed by atoms with Crippen LogP contribution in [0.15, 0.2) is 54.1 Å². The zero-order valence-corrected chi connectivity index (χ0v) is 20.6. The summed E-state index contributed by atoms with van der Waals surface area (Å²) in [4.78, 5) is 30.1. The summed E-state index contributed by atoms with van der Waals surface area (Å²) in [6.07, 6.45) is -0.0245. The molecule has 1 atom stereocenters. The van der Waals surface area contributed by atoms with E-state index in [0.717, 1.165) is 13.1 Å². The number of ether oxygens (including phenoxy) is 2. The second-order valence-corrected chi connectivity index (χ2v) is 8.49. The lowest BCUT2D eigenvalue weighted by Gasteiger charge is -2.28. The van der Waals surface area contributed by atoms with Gasteiger partial charge in [-0.25, -0.2) is 0 Å². The Balaban J connectivity index is 2.10. The maximum absolute atomic E-state index is 13.2. The van der Waals surface area contributed by atoms with E-state index in [1.807, 2.05) is 38.1 Å². The molecular weight excluding hydrogens is 432 g/mol. The molecule has 0 radical (unpaired) electrons. The summed E-state index contributed by atoms with van der Waals surface area (Å²) in [5.41, 5.74) is 1.24. The Morgan fingerprint density at radius 2 is 1.74 bits per heavy atom. The summed E-state index contributed by atoms with van der Waals surface area (Å²) in [5, 5.41) is 11.2. The lowest BCUT2D eigenvalue weighted by Crippen LogP contribution is -2.38. The number of methoxy groups -OCH3 is 1. The third kappa shape index (κ3) is 5.42. The predicted octanol–water partition coefficient (Wildman–Crippen LogP) is 4.25. The highest BCUT2D eigenvalue weighted by Crippen LogP contribution is 2.40. The highest BCUT2D eigenvalue weighted by Gasteiger charge is 2.46. The molecule has 1 aliphatic rings. The molecule has 1 amide bonds. The van der Waals surface area contributed by atoms with Crippen LogP contribution in [0.5, 0.6) is 11.5 Å². The van der Waals surface area contributed by atoms with Gasteiger partial charge in [0.1, 0.15) is 17.3 Å². The quantitative estimate of drug-likeness (QED) is 0.320. The molecule has 0 saturated carbocycles. The van der Waals surface area contributed by atoms with Gasteiger partial charge < -0.3 is 24.4 Å². The molecule has 1 heterocycles. The largest absolute Gasteiger partial charge is 0.507 e. The number of nitrogens with zero attached hydrogens (tertiary/aromatic N) is 2. The van der Waals surface area contributed by atoms with E-state index < -0.39 is 17.7 Å². The van der Waals surface area contributed by atoms with E-state index in [4.69, 9.17) is 9.47 Å². The van der Waals surface area contributed by atoms with Gasteiger partial charge in [0, 0.05) is 18.7 Å². The maximum atomic E-state index is 13.2. The molecule has 1 fully saturated rings. The average molecular weight is 467 g/mol. The van der Waals surface area contributed by atoms with Crippen LogP contribution in [-0.4, -0.2) is 66.0 Å². The van der Waals surface area contributed by atoms with Crippen molar-refractivity contribution in [1.29, 1.82) is 0 Å². The smallest absolute Gasteiger partial charge is 0.295 e. The number of aliphatic hydroxyl groups excluding tert-OH is 1. The number of rotatable bonds is 10. The predicted molar refractivity (Wildman–Crippen MR) is 132 cm³/mol. The molecule has 1 unspecified atom stereocenters. The molecule has 0 aromatic heterocycles. The number of benzene rings is 2. The van der Waals surface area contributed by atoms with E-state index >= 15 is 0 Å². The number of hydrogen-bond donors (Lipinski definition) is 1. The number of ketones is 1. The molecule has 1 N–H and O–H groups in total. The van der Waals surface area contributed by atoms with Crippen LogP contribution in [-0.2, 0) is 9.59 Å². The van der Waals surface area contributed by atoms with Crippen molar-refractivity contribution in [3.8, 4) is 11.5 Å². The lowest BCUT2D eigenvalue weighted by atomic mass is 9.95. The summed E-state index contributed by atoms with van der Waals surface area (Å²) >= 11 is 0. The van der Waals surface area contributed by atoms with Gasteiger partial charge in [0.15, 0.2) is 0 Å². The van der Waals surface area contributed by atoms with E-state index in [0.29, 0.717) is 35.7 Å². The van der Waals surface area contributed by atoms with Crippen LogP contribution in [0.25, 0.3) is 5.76 Å². The molecule has 1 saturated heterocycles. The molecule has 0 spiro atoms. The Morgan fingerprint density at radius 1 is 1.06 bits per heavy atom. The zero-order chi connectivity index (χ0) is 24.8. The van der Waals surface area contributed by atoms with Crippen molar-refractivity contribution in [3.05, 3.63) is 65.2 Å². The summed E-state index contributed by atoms with van der Waals surface area (Å²) in [6, 6.07) is 13.4. The Kier molecular flexibility index (Phi) is 8.34. The first-order valence-corrected chi connectivity index (χ1v) is 11.7. The average Bonchev–Trinajstić information content (AvgIpc) is 3.09. The van der Waals surface area contributed by atoms with Gasteiger partial charge in [0.2, 0.25) is 0 Å². The van der Waals surface area contributed by atoms with Gasteiger partial charge in [0.05, 0.1) is 24.8 Å². The standard InChI is InChI=1S/C27H34N2O5/c1-6-28(7-2)15-16-29-24(20-9-8-10-22(17-20)34-18(3)4)23(26(31)27(29)32)25(30)19-11-13-21(33-5)14-12-19/h8-14,17-18,24,30H,6-7,15-16H2,1-5H3/b25-23-. The van der Waals surface area contributed by atoms with Crippen LogP contribution in [0, 0.1) is 0 Å². The molecule has 2 aromatic rings. The molecule has 2 aromatic carbocycles. The van der Waals surface area contributed by atoms with Crippen LogP contribution in [0.1, 0.15) is 44.9 Å². The normalized spacial score (nSPS) is 17.6. The molecule has 0 bridgehead atoms. The number of amides is 1. The number of aliphatic hydroxyl groups is 1. The van der Waals surface area contributed by atoms with Crippen LogP contribution < -0.4 is 9.47 Å². The fraction of sp³-hybridized carbons (Fsp3) is 0.407. The van der Waals surface area contributed by atoms with Crippen molar-refractivity contribution in [2.75, 3.05) is 33.3 Å². The number of likely N-dealkylation sites (tertiary alicyclic amines) is 1. The second kappa shape index (κ2) is 11.2. The van der Waals surface area contributed by atoms with Crippen molar-refractivity contribution in [3.63, 3.8) is 0 Å². The van der Waals surface area contributed by atoms with Gasteiger partial charge >= 0.3 is 0 Å². The minimum absolute atomic E-state index is 0.0245. The summed E-state index contributed by atoms with van der Waals surface area (Å²) in [6.45, 7) is 10.7. The summed E-state index contributed by atoms with van der Waals surface area (Å²) in [5.74, 6) is -0.223. The van der Waals surface area contributed by atoms with Gasteiger partial charge in [-0.05, 0) is 68.9 Å². The third-order valence-corrected chi connectivity index (χ3v) is 6.00. The van der Waals surface area contributed by atoms with E-state index in [-0.39, 0.29) is 17.4 Å². The number of likely N-dealkylation sites (N-methyl/N-ethyl adjacent to an activating group) is 1. The molecule has 1 aliphatic heterocycles. The fourth-order valence-corrected chi connectivity index (χ4v) is 4.18. The minimum atomic E-state index is -0.714. The molecule has 0 aliphatic carbocycles. The summed E-state index contributed by atoms with van der Waals surface area (Å²) in [7, 11) is 1.56. The Morgan fingerprint density at radius 3 is 2.32 bits per heavy atom. The first-order chi connectivity index (χ1) is 16.3. The zero-order valence-electron chi connectivity index (χ0n) is 20.6. The van der Waals surface area contributed by atoms with Gasteiger partial charge in [-0.2, -0.15) is 0 Å². The van der Waals surface area contributed by atoms with Crippen molar-refractivity contribution < 1.29 is 24.2 Å². The van der Waals surface area contributed by atoms with E-state index in [1.165, 1.54) is 0 Å². The number of carbonyl (C=O) groups excluding carboxylic acids is 2. The highest BCUT2D eigenvalue weighted by atomic mass is 16.5. The SMILES string of the molecule is CCN(CC)CCN1C(=O)C(=O)/C(=C(\O)c2ccc(OC)cc2)C1c1cccc(OC(C)C)c1. The van der Waals surface area contributed by atoms with E-state index in [1.54, 1.807) is 36.3 Å². The third-order valence-electron chi connectivity index (χ3n) is 6.00. The molecule has 34 heavy (non-hydrogen) atoms. The van der Waals surface area contributed by atoms with Crippen molar-refractivity contribution in [2.45, 2.75) is 39.8 Å². The molecule has 3 rings (SSSR count). The number of Topliss-reactive ketones (excluding diaryl/α,β-unsaturated/α-hetero) is 1. The van der Waals surface area contributed by atoms with Gasteiger partial charge in [-0.15, -0.1) is 0 Å². The second-order valence-electron chi connectivity index (χ2n) is 8.49. The summed E-state index contributed by atoms with van der Waals surface area (Å²) < 4.78 is 11.0. The first-order valence-electron chi connectivity index (χ1n) is 11.7. The van der Waals surface area contributed by atoms with Crippen molar-refractivity contribution in [1.82, 2.24) is 9.80 Å². The van der Waals surface area contributed by atoms with Crippen LogP contribution in [0.4, 0.5) is 0 Å². The van der Waals surface area contributed by atoms with Crippen LogP contribution in [0.3, 0.4) is 0 Å². The highest BCUT2D eigenvalue weighted by molar-refractivity contribution is 6.46.